The summed E-state index contributed by atoms with van der Waals surface area (Å²) in [6.45, 7) is 1.84. The zero-order chi connectivity index (χ0) is 39.5. The number of aromatic nitrogens is 1. The largest absolute Gasteiger partial charge is 0.474 e. The monoisotopic (exact) mass is 794 g/mol. The summed E-state index contributed by atoms with van der Waals surface area (Å²) in [6, 6.07) is 4.55. The number of likely N-dealkylation sites (tertiary alicyclic amines) is 1. The smallest absolute Gasteiger partial charge is 0.425 e. The Morgan fingerprint density at radius 1 is 1.00 bits per heavy atom. The van der Waals surface area contributed by atoms with Crippen LogP contribution < -0.4 is 4.74 Å². The fourth-order valence-corrected chi connectivity index (χ4v) is 8.29. The van der Waals surface area contributed by atoms with Crippen LogP contribution in [0.3, 0.4) is 0 Å². The van der Waals surface area contributed by atoms with Gasteiger partial charge in [0.05, 0.1) is 17.6 Å². The van der Waals surface area contributed by atoms with Crippen molar-refractivity contribution in [3.63, 3.8) is 0 Å². The van der Waals surface area contributed by atoms with Crippen molar-refractivity contribution in [2.24, 2.45) is 15.2 Å². The molecular formula is C37H37F7N6O4S. The van der Waals surface area contributed by atoms with Crippen molar-refractivity contribution in [3.05, 3.63) is 81.1 Å². The molecule has 2 amide bonds. The topological polar surface area (TPSA) is 117 Å². The lowest BCUT2D eigenvalue weighted by Crippen LogP contribution is -2.68. The number of alkyl halides is 6. The molecule has 0 N–H and O–H groups in total. The normalized spacial score (nSPS) is 21.3. The number of carbonyl (C=O) groups is 3. The van der Waals surface area contributed by atoms with Gasteiger partial charge in [-0.05, 0) is 61.1 Å². The van der Waals surface area contributed by atoms with Crippen molar-refractivity contribution in [1.82, 2.24) is 14.8 Å². The van der Waals surface area contributed by atoms with Gasteiger partial charge in [0.1, 0.15) is 33.8 Å². The van der Waals surface area contributed by atoms with Gasteiger partial charge in [0.2, 0.25) is 5.60 Å². The number of hydrogen-bond donors (Lipinski definition) is 0. The molecule has 1 fully saturated rings. The number of halogens is 7. The highest BCUT2D eigenvalue weighted by molar-refractivity contribution is 7.10. The zero-order valence-corrected chi connectivity index (χ0v) is 30.4. The predicted octanol–water partition coefficient (Wildman–Crippen LogP) is 8.62. The van der Waals surface area contributed by atoms with Gasteiger partial charge in [-0.25, -0.2) is 9.38 Å². The molecule has 0 bridgehead atoms. The minimum Gasteiger partial charge on any atom is -0.474 e. The molecule has 6 rings (SSSR count). The number of ketones is 1. The van der Waals surface area contributed by atoms with Gasteiger partial charge in [0.15, 0.2) is 6.67 Å². The number of benzene rings is 1. The number of piperidine rings is 1. The average molecular weight is 795 g/mol. The van der Waals surface area contributed by atoms with E-state index in [0.29, 0.717) is 34.7 Å². The third-order valence-corrected chi connectivity index (χ3v) is 11.0. The maximum Gasteiger partial charge on any atom is 0.425 e. The Labute approximate surface area is 315 Å². The SMILES string of the molecule is CCC[C@H]1N(C(=O)c2ncccc2C(F)(F)F)CCC[C@@]1(Oc1csc(C(F)(F)F)c1)C(=O)N1CCc2cc(F)ccc2C1CCC(=O)CCC1=NCN=N1. The number of amides is 2. The Balaban J connectivity index is 1.41. The van der Waals surface area contributed by atoms with E-state index in [4.69, 9.17) is 4.74 Å². The van der Waals surface area contributed by atoms with Crippen LogP contribution >= 0.6 is 11.3 Å². The van der Waals surface area contributed by atoms with Crippen molar-refractivity contribution < 1.29 is 49.9 Å². The van der Waals surface area contributed by atoms with Crippen LogP contribution in [0.5, 0.6) is 5.75 Å². The summed E-state index contributed by atoms with van der Waals surface area (Å²) in [5, 5.41) is 8.76. The van der Waals surface area contributed by atoms with E-state index in [2.05, 4.69) is 20.2 Å². The van der Waals surface area contributed by atoms with Crippen molar-refractivity contribution in [1.29, 1.82) is 0 Å². The maximum atomic E-state index is 15.4. The molecule has 3 atom stereocenters. The van der Waals surface area contributed by atoms with Gasteiger partial charge in [-0.2, -0.15) is 31.5 Å². The standard InChI is InChI=1S/C37H37F7N6O4S/c1-2-5-29-35(54-25-19-30(55-20-25)37(42,43)44,14-4-16-50(29)33(52)32-27(36(39,40)41)6-3-15-45-32)34(53)49-17-13-22-18-23(38)7-10-26(22)28(49)11-8-24(51)9-12-31-46-21-47-48-31/h3,6-7,10,15,18-20,28-29H,2,4-5,8-9,11-14,16-17,21H2,1H3/t28?,29-,35+/m1/s1. The number of hydrogen-bond acceptors (Lipinski definition) is 9. The van der Waals surface area contributed by atoms with Gasteiger partial charge in [-0.15, -0.1) is 16.5 Å². The van der Waals surface area contributed by atoms with Crippen molar-refractivity contribution in [2.75, 3.05) is 19.8 Å². The number of rotatable bonds is 12. The lowest BCUT2D eigenvalue weighted by Gasteiger charge is -2.51. The van der Waals surface area contributed by atoms with Gasteiger partial charge in [0, 0.05) is 56.4 Å². The predicted molar refractivity (Wildman–Crippen MR) is 186 cm³/mol. The molecule has 0 radical (unpaired) electrons. The molecule has 5 heterocycles. The number of aliphatic imine (C=N–C) groups is 1. The summed E-state index contributed by atoms with van der Waals surface area (Å²) < 4.78 is 105. The minimum absolute atomic E-state index is 0.000857. The zero-order valence-electron chi connectivity index (χ0n) is 29.6. The van der Waals surface area contributed by atoms with Crippen LogP contribution in [0.25, 0.3) is 0 Å². The number of Topliss-reactive ketones (excluding diaryl/α,β-unsaturated/α-hetero) is 1. The van der Waals surface area contributed by atoms with Gasteiger partial charge < -0.3 is 14.5 Å². The van der Waals surface area contributed by atoms with Crippen LogP contribution in [0.4, 0.5) is 30.7 Å². The average Bonchev–Trinajstić information content (AvgIpc) is 3.85. The minimum atomic E-state index is -4.94. The maximum absolute atomic E-state index is 15.4. The first-order valence-corrected chi connectivity index (χ1v) is 18.7. The molecule has 55 heavy (non-hydrogen) atoms. The highest BCUT2D eigenvalue weighted by Gasteiger charge is 2.57. The molecule has 3 aliphatic heterocycles. The molecule has 1 unspecified atom stereocenters. The molecule has 3 aliphatic rings. The Kier molecular flexibility index (Phi) is 11.7. The third-order valence-electron chi connectivity index (χ3n) is 10.1. The highest BCUT2D eigenvalue weighted by atomic mass is 32.1. The third kappa shape index (κ3) is 8.58. The molecule has 1 aromatic carbocycles. The quantitative estimate of drug-likeness (QED) is 0.170. The second kappa shape index (κ2) is 16.2. The second-order valence-electron chi connectivity index (χ2n) is 13.6. The van der Waals surface area contributed by atoms with Gasteiger partial charge in [-0.1, -0.05) is 19.4 Å². The van der Waals surface area contributed by atoms with Crippen molar-refractivity contribution in [2.45, 2.75) is 94.7 Å². The Morgan fingerprint density at radius 2 is 1.80 bits per heavy atom. The van der Waals surface area contributed by atoms with E-state index in [-0.39, 0.29) is 82.7 Å². The number of amidine groups is 1. The summed E-state index contributed by atoms with van der Waals surface area (Å²) in [6.07, 6.45) is -7.70. The van der Waals surface area contributed by atoms with Gasteiger partial charge >= 0.3 is 12.4 Å². The highest BCUT2D eigenvalue weighted by Crippen LogP contribution is 2.45. The summed E-state index contributed by atoms with van der Waals surface area (Å²) >= 11 is 0.347. The van der Waals surface area contributed by atoms with Crippen LogP contribution in [0.2, 0.25) is 0 Å². The van der Waals surface area contributed by atoms with Gasteiger partial charge in [-0.3, -0.25) is 19.4 Å². The van der Waals surface area contributed by atoms with Crippen LogP contribution in [-0.2, 0) is 28.4 Å². The molecule has 3 aromatic rings. The lowest BCUT2D eigenvalue weighted by atomic mass is 9.78. The van der Waals surface area contributed by atoms with E-state index < -0.39 is 63.8 Å². The molecule has 0 spiro atoms. The van der Waals surface area contributed by atoms with Crippen LogP contribution in [0, 0.1) is 5.82 Å². The Morgan fingerprint density at radius 3 is 2.49 bits per heavy atom. The fourth-order valence-electron chi connectivity index (χ4n) is 7.61. The van der Waals surface area contributed by atoms with Crippen molar-refractivity contribution >= 4 is 34.8 Å². The molecule has 2 aromatic heterocycles. The number of thiophene rings is 1. The van der Waals surface area contributed by atoms with E-state index in [0.717, 1.165) is 34.7 Å². The first-order chi connectivity index (χ1) is 26.1. The molecule has 10 nitrogen and oxygen atoms in total. The molecule has 0 saturated carbocycles. The van der Waals surface area contributed by atoms with E-state index in [1.54, 1.807) is 6.92 Å². The van der Waals surface area contributed by atoms with E-state index in [1.807, 2.05) is 0 Å². The van der Waals surface area contributed by atoms with E-state index in [1.165, 1.54) is 23.1 Å². The Hall–Kier alpha value is -4.74. The van der Waals surface area contributed by atoms with E-state index >= 15 is 4.79 Å². The molecule has 294 valence electrons. The fraction of sp³-hybridized carbons (Fsp3) is 0.486. The van der Waals surface area contributed by atoms with Gasteiger partial charge in [0.25, 0.3) is 11.8 Å². The first-order valence-electron chi connectivity index (χ1n) is 17.8. The number of pyridine rings is 1. The summed E-state index contributed by atoms with van der Waals surface area (Å²) in [5.74, 6) is -2.35. The van der Waals surface area contributed by atoms with Crippen LogP contribution in [-0.4, -0.2) is 69.6 Å². The number of ether oxygens (including phenoxy) is 1. The number of nitrogens with zero attached hydrogens (tertiary/aromatic N) is 6. The molecule has 1 saturated heterocycles. The lowest BCUT2D eigenvalue weighted by molar-refractivity contribution is -0.163. The van der Waals surface area contributed by atoms with Crippen LogP contribution in [0.1, 0.15) is 96.4 Å². The Bertz CT molecular complexity index is 1980. The summed E-state index contributed by atoms with van der Waals surface area (Å²) in [5.41, 5.74) is -3.08. The van der Waals surface area contributed by atoms with Crippen molar-refractivity contribution in [3.8, 4) is 5.75 Å². The number of fused-ring (bicyclic) bond motifs is 1. The first kappa shape index (κ1) is 39.9. The van der Waals surface area contributed by atoms with Crippen LogP contribution in [0.15, 0.2) is 63.2 Å². The molecular weight excluding hydrogens is 757 g/mol. The summed E-state index contributed by atoms with van der Waals surface area (Å²) in [7, 11) is 0. The number of azo groups is 1. The number of carbonyl (C=O) groups excluding carboxylic acids is 3. The van der Waals surface area contributed by atoms with E-state index in [9.17, 15) is 40.3 Å². The summed E-state index contributed by atoms with van der Waals surface area (Å²) in [4.78, 5) is 52.1. The molecule has 18 heteroatoms. The second-order valence-corrected chi connectivity index (χ2v) is 14.5. The molecule has 0 aliphatic carbocycles.